The van der Waals surface area contributed by atoms with E-state index in [0.717, 1.165) is 65.0 Å². The number of carbonyl (C=O) groups excluding carboxylic acids is 2. The van der Waals surface area contributed by atoms with Crippen molar-refractivity contribution in [1.82, 2.24) is 0 Å². The number of benzene rings is 1. The maximum Gasteiger partial charge on any atom is 0.316 e. The first-order valence-electron chi connectivity index (χ1n) is 17.5. The third kappa shape index (κ3) is 10.5. The predicted octanol–water partition coefficient (Wildman–Crippen LogP) is 10.7. The van der Waals surface area contributed by atoms with E-state index in [2.05, 4.69) is 41.5 Å². The molecular weight excluding hydrogens is 548 g/mol. The molecule has 0 fully saturated rings. The van der Waals surface area contributed by atoms with E-state index in [1.807, 2.05) is 27.7 Å². The van der Waals surface area contributed by atoms with Gasteiger partial charge < -0.3 is 14.2 Å². The van der Waals surface area contributed by atoms with Gasteiger partial charge in [-0.25, -0.2) is 0 Å². The average Bonchev–Trinajstić information content (AvgIpc) is 2.92. The number of carbonyl (C=O) groups is 2. The SMILES string of the molecule is COC(=O)C(C)(C)CC(C)(C)C(=O)Oc1c(C)c(C)c2c(c1C)CC[C@](C)(CCCC(C)CCC[C@H](C)CCCC(C)C)O2. The molecule has 2 rings (SSSR count). The second kappa shape index (κ2) is 16.0. The van der Waals surface area contributed by atoms with Gasteiger partial charge in [-0.05, 0) is 122 Å². The zero-order chi connectivity index (χ0) is 33.5. The third-order valence-electron chi connectivity index (χ3n) is 10.2. The van der Waals surface area contributed by atoms with Crippen LogP contribution in [0.4, 0.5) is 0 Å². The Morgan fingerprint density at radius 1 is 0.795 bits per heavy atom. The van der Waals surface area contributed by atoms with Crippen LogP contribution in [0.3, 0.4) is 0 Å². The van der Waals surface area contributed by atoms with Gasteiger partial charge in [-0.3, -0.25) is 9.59 Å². The van der Waals surface area contributed by atoms with Crippen LogP contribution in [0.1, 0.15) is 155 Å². The molecule has 1 aliphatic heterocycles. The van der Waals surface area contributed by atoms with Crippen molar-refractivity contribution in [1.29, 1.82) is 0 Å². The molecule has 1 aromatic carbocycles. The molecule has 1 unspecified atom stereocenters. The fraction of sp³-hybridized carbons (Fsp3) is 0.795. The van der Waals surface area contributed by atoms with Crippen LogP contribution >= 0.6 is 0 Å². The van der Waals surface area contributed by atoms with Gasteiger partial charge in [0.2, 0.25) is 0 Å². The van der Waals surface area contributed by atoms with E-state index in [1.165, 1.54) is 58.5 Å². The highest BCUT2D eigenvalue weighted by Gasteiger charge is 2.42. The van der Waals surface area contributed by atoms with Gasteiger partial charge in [-0.15, -0.1) is 0 Å². The molecule has 3 atom stereocenters. The molecule has 1 aliphatic rings. The second-order valence-electron chi connectivity index (χ2n) is 16.2. The summed E-state index contributed by atoms with van der Waals surface area (Å²) in [5.41, 5.74) is 2.27. The quantitative estimate of drug-likeness (QED) is 0.129. The predicted molar refractivity (Wildman–Crippen MR) is 183 cm³/mol. The van der Waals surface area contributed by atoms with E-state index in [9.17, 15) is 9.59 Å². The molecule has 252 valence electrons. The Morgan fingerprint density at radius 3 is 1.86 bits per heavy atom. The lowest BCUT2D eigenvalue weighted by Crippen LogP contribution is -2.38. The highest BCUT2D eigenvalue weighted by Crippen LogP contribution is 2.46. The van der Waals surface area contributed by atoms with Crippen molar-refractivity contribution in [3.63, 3.8) is 0 Å². The van der Waals surface area contributed by atoms with E-state index < -0.39 is 10.8 Å². The minimum atomic E-state index is -0.863. The van der Waals surface area contributed by atoms with Gasteiger partial charge in [-0.1, -0.05) is 72.6 Å². The Morgan fingerprint density at radius 2 is 1.32 bits per heavy atom. The normalized spacial score (nSPS) is 18.4. The van der Waals surface area contributed by atoms with Crippen molar-refractivity contribution >= 4 is 11.9 Å². The largest absolute Gasteiger partial charge is 0.487 e. The van der Waals surface area contributed by atoms with Gasteiger partial charge in [0.15, 0.2) is 0 Å². The van der Waals surface area contributed by atoms with Gasteiger partial charge >= 0.3 is 11.9 Å². The van der Waals surface area contributed by atoms with Gasteiger partial charge in [0.05, 0.1) is 17.9 Å². The first-order chi connectivity index (χ1) is 20.3. The minimum Gasteiger partial charge on any atom is -0.487 e. The second-order valence-corrected chi connectivity index (χ2v) is 16.2. The highest BCUT2D eigenvalue weighted by atomic mass is 16.5. The third-order valence-corrected chi connectivity index (χ3v) is 10.2. The van der Waals surface area contributed by atoms with E-state index in [0.29, 0.717) is 12.2 Å². The summed E-state index contributed by atoms with van der Waals surface area (Å²) in [6.07, 6.45) is 13.8. The van der Waals surface area contributed by atoms with Crippen LogP contribution in [0.2, 0.25) is 0 Å². The average molecular weight is 615 g/mol. The molecular formula is C39H66O5. The fourth-order valence-corrected chi connectivity index (χ4v) is 7.17. The van der Waals surface area contributed by atoms with Crippen molar-refractivity contribution in [2.45, 2.75) is 166 Å². The van der Waals surface area contributed by atoms with Crippen molar-refractivity contribution in [2.24, 2.45) is 28.6 Å². The summed E-state index contributed by atoms with van der Waals surface area (Å²) >= 11 is 0. The van der Waals surface area contributed by atoms with Gasteiger partial charge in [0.1, 0.15) is 17.1 Å². The van der Waals surface area contributed by atoms with Gasteiger partial charge in [0.25, 0.3) is 0 Å². The van der Waals surface area contributed by atoms with E-state index in [1.54, 1.807) is 13.8 Å². The molecule has 0 radical (unpaired) electrons. The molecule has 0 amide bonds. The Labute approximate surface area is 270 Å². The minimum absolute atomic E-state index is 0.180. The smallest absolute Gasteiger partial charge is 0.316 e. The zero-order valence-corrected chi connectivity index (χ0v) is 30.8. The van der Waals surface area contributed by atoms with Crippen LogP contribution in [0.25, 0.3) is 0 Å². The summed E-state index contributed by atoms with van der Waals surface area (Å²) in [5, 5.41) is 0. The van der Waals surface area contributed by atoms with Crippen molar-refractivity contribution in [2.75, 3.05) is 7.11 Å². The molecule has 1 aromatic rings. The topological polar surface area (TPSA) is 61.8 Å². The molecule has 0 spiro atoms. The Kier molecular flexibility index (Phi) is 13.9. The Hall–Kier alpha value is -2.04. The van der Waals surface area contributed by atoms with Crippen LogP contribution in [0.5, 0.6) is 11.5 Å². The summed E-state index contributed by atoms with van der Waals surface area (Å²) in [6.45, 7) is 25.2. The molecule has 5 nitrogen and oxygen atoms in total. The zero-order valence-electron chi connectivity index (χ0n) is 30.8. The summed E-state index contributed by atoms with van der Waals surface area (Å²) in [6, 6.07) is 0. The van der Waals surface area contributed by atoms with Crippen LogP contribution in [-0.2, 0) is 20.7 Å². The number of hydrogen-bond acceptors (Lipinski definition) is 5. The lowest BCUT2D eigenvalue weighted by molar-refractivity contribution is -0.155. The molecule has 5 heteroatoms. The molecule has 0 saturated heterocycles. The number of hydrogen-bond donors (Lipinski definition) is 0. The number of esters is 2. The molecule has 0 saturated carbocycles. The Balaban J connectivity index is 1.99. The van der Waals surface area contributed by atoms with Crippen LogP contribution in [-0.4, -0.2) is 24.6 Å². The Bertz CT molecular complexity index is 1110. The lowest BCUT2D eigenvalue weighted by Gasteiger charge is -2.38. The van der Waals surface area contributed by atoms with Crippen LogP contribution in [0.15, 0.2) is 0 Å². The number of rotatable bonds is 17. The van der Waals surface area contributed by atoms with Crippen molar-refractivity contribution in [3.8, 4) is 11.5 Å². The molecule has 0 aromatic heterocycles. The standard InChI is InChI=1S/C39H66O5/c1-26(2)17-14-18-27(3)19-15-20-28(4)21-16-23-39(12)24-22-32-31(7)33(29(5)30(6)34(32)44-39)43-36(41)38(10,11)25-37(8,9)35(40)42-13/h26-28H,14-25H2,1-13H3/t27-,28?,39+/m1/s1. The lowest BCUT2D eigenvalue weighted by atomic mass is 9.75. The van der Waals surface area contributed by atoms with E-state index in [-0.39, 0.29) is 17.5 Å². The first kappa shape index (κ1) is 38.1. The summed E-state index contributed by atoms with van der Waals surface area (Å²) < 4.78 is 17.9. The molecule has 0 aliphatic carbocycles. The van der Waals surface area contributed by atoms with E-state index in [4.69, 9.17) is 14.2 Å². The number of methoxy groups -OCH3 is 1. The van der Waals surface area contributed by atoms with E-state index >= 15 is 0 Å². The molecule has 0 N–H and O–H groups in total. The van der Waals surface area contributed by atoms with Crippen molar-refractivity contribution in [3.05, 3.63) is 22.3 Å². The fourth-order valence-electron chi connectivity index (χ4n) is 7.17. The maximum atomic E-state index is 13.4. The summed E-state index contributed by atoms with van der Waals surface area (Å²) in [7, 11) is 1.38. The monoisotopic (exact) mass is 614 g/mol. The molecule has 44 heavy (non-hydrogen) atoms. The van der Waals surface area contributed by atoms with Crippen molar-refractivity contribution < 1.29 is 23.8 Å². The maximum absolute atomic E-state index is 13.4. The molecule has 1 heterocycles. The van der Waals surface area contributed by atoms with Gasteiger partial charge in [-0.2, -0.15) is 0 Å². The van der Waals surface area contributed by atoms with Crippen LogP contribution in [0, 0.1) is 49.4 Å². The molecule has 0 bridgehead atoms. The first-order valence-corrected chi connectivity index (χ1v) is 17.5. The number of ether oxygens (including phenoxy) is 3. The number of fused-ring (bicyclic) bond motifs is 1. The van der Waals surface area contributed by atoms with Gasteiger partial charge in [0, 0.05) is 5.56 Å². The highest BCUT2D eigenvalue weighted by molar-refractivity contribution is 5.82. The van der Waals surface area contributed by atoms with Crippen LogP contribution < -0.4 is 9.47 Å². The summed E-state index contributed by atoms with van der Waals surface area (Å²) in [4.78, 5) is 25.7. The summed E-state index contributed by atoms with van der Waals surface area (Å²) in [5.74, 6) is 3.36.